The Balaban J connectivity index is 3.64. The highest BCUT2D eigenvalue weighted by molar-refractivity contribution is 5.76. The van der Waals surface area contributed by atoms with Crippen molar-refractivity contribution < 1.29 is 14.3 Å². The third kappa shape index (κ3) is 8.98. The molecule has 0 aromatic carbocycles. The van der Waals surface area contributed by atoms with Crippen LogP contribution in [0.4, 0.5) is 0 Å². The summed E-state index contributed by atoms with van der Waals surface area (Å²) >= 11 is 0. The van der Waals surface area contributed by atoms with E-state index in [1.807, 2.05) is 20.8 Å². The Morgan fingerprint density at radius 3 is 2.39 bits per heavy atom. The van der Waals surface area contributed by atoms with E-state index in [4.69, 9.17) is 4.74 Å². The highest BCUT2D eigenvalue weighted by Crippen LogP contribution is 1.95. The van der Waals surface area contributed by atoms with Gasteiger partial charge in [0, 0.05) is 25.0 Å². The lowest BCUT2D eigenvalue weighted by Crippen LogP contribution is -2.36. The minimum atomic E-state index is -0.207. The third-order valence-electron chi connectivity index (χ3n) is 2.64. The predicted molar refractivity (Wildman–Crippen MR) is 71.2 cm³/mol. The number of esters is 1. The highest BCUT2D eigenvalue weighted by Gasteiger charge is 2.10. The van der Waals surface area contributed by atoms with Crippen LogP contribution in [0.15, 0.2) is 0 Å². The molecule has 0 radical (unpaired) electrons. The molecule has 0 rings (SSSR count). The van der Waals surface area contributed by atoms with Gasteiger partial charge in [0.05, 0.1) is 13.0 Å². The molecule has 0 bridgehead atoms. The monoisotopic (exact) mass is 258 g/mol. The third-order valence-corrected chi connectivity index (χ3v) is 2.64. The maximum Gasteiger partial charge on any atom is 0.307 e. The molecular weight excluding hydrogens is 232 g/mol. The van der Waals surface area contributed by atoms with Gasteiger partial charge in [0.15, 0.2) is 0 Å². The lowest BCUT2D eigenvalue weighted by molar-refractivity contribution is -0.143. The fourth-order valence-electron chi connectivity index (χ4n) is 1.42. The van der Waals surface area contributed by atoms with Gasteiger partial charge in [0.25, 0.3) is 0 Å². The zero-order valence-electron chi connectivity index (χ0n) is 11.9. The van der Waals surface area contributed by atoms with Gasteiger partial charge in [0.1, 0.15) is 0 Å². The smallest absolute Gasteiger partial charge is 0.307 e. The van der Waals surface area contributed by atoms with E-state index in [2.05, 4.69) is 10.6 Å². The first-order chi connectivity index (χ1) is 8.49. The van der Waals surface area contributed by atoms with Gasteiger partial charge in [-0.25, -0.2) is 0 Å². The molecule has 0 saturated carbocycles. The first-order valence-electron chi connectivity index (χ1n) is 6.67. The summed E-state index contributed by atoms with van der Waals surface area (Å²) in [5.41, 5.74) is 0. The summed E-state index contributed by atoms with van der Waals surface area (Å²) in [4.78, 5) is 22.7. The molecule has 0 spiro atoms. The Kier molecular flexibility index (Phi) is 9.28. The summed E-state index contributed by atoms with van der Waals surface area (Å²) in [5, 5.41) is 6.03. The zero-order valence-corrected chi connectivity index (χ0v) is 11.9. The molecule has 18 heavy (non-hydrogen) atoms. The fraction of sp³-hybridized carbons (Fsp3) is 0.846. The predicted octanol–water partition coefficient (Wildman–Crippen LogP) is 1.22. The SMILES string of the molecule is CCOC(=O)CC(C)NCCC(=O)NC(C)CC. The molecule has 0 aliphatic carbocycles. The minimum Gasteiger partial charge on any atom is -0.466 e. The summed E-state index contributed by atoms with van der Waals surface area (Å²) in [6.45, 7) is 8.68. The Morgan fingerprint density at radius 2 is 1.83 bits per heavy atom. The van der Waals surface area contributed by atoms with E-state index in [1.54, 1.807) is 6.92 Å². The van der Waals surface area contributed by atoms with E-state index in [0.717, 1.165) is 6.42 Å². The Labute approximate surface area is 110 Å². The van der Waals surface area contributed by atoms with Gasteiger partial charge in [-0.15, -0.1) is 0 Å². The second-order valence-electron chi connectivity index (χ2n) is 4.49. The molecule has 0 heterocycles. The molecule has 0 fully saturated rings. The molecule has 0 aliphatic heterocycles. The molecule has 0 aromatic heterocycles. The lowest BCUT2D eigenvalue weighted by Gasteiger charge is -2.14. The van der Waals surface area contributed by atoms with E-state index in [-0.39, 0.29) is 24.0 Å². The number of ether oxygens (including phenoxy) is 1. The van der Waals surface area contributed by atoms with Crippen molar-refractivity contribution in [3.8, 4) is 0 Å². The van der Waals surface area contributed by atoms with Crippen LogP contribution in [0.3, 0.4) is 0 Å². The number of hydrogen-bond acceptors (Lipinski definition) is 4. The highest BCUT2D eigenvalue weighted by atomic mass is 16.5. The summed E-state index contributed by atoms with van der Waals surface area (Å²) in [5.74, 6) is -0.165. The molecule has 106 valence electrons. The molecule has 0 aliphatic rings. The number of hydrogen-bond donors (Lipinski definition) is 2. The van der Waals surface area contributed by atoms with Crippen molar-refractivity contribution in [3.05, 3.63) is 0 Å². The molecular formula is C13H26N2O3. The lowest BCUT2D eigenvalue weighted by atomic mass is 10.2. The van der Waals surface area contributed by atoms with Gasteiger partial charge in [-0.2, -0.15) is 0 Å². The molecule has 5 heteroatoms. The Hall–Kier alpha value is -1.10. The normalized spacial score (nSPS) is 13.8. The van der Waals surface area contributed by atoms with Crippen LogP contribution in [0.2, 0.25) is 0 Å². The average Bonchev–Trinajstić information content (AvgIpc) is 2.28. The molecule has 2 unspecified atom stereocenters. The van der Waals surface area contributed by atoms with Gasteiger partial charge < -0.3 is 15.4 Å². The van der Waals surface area contributed by atoms with Crippen LogP contribution in [0.5, 0.6) is 0 Å². The molecule has 0 saturated heterocycles. The second-order valence-corrected chi connectivity index (χ2v) is 4.49. The summed E-state index contributed by atoms with van der Waals surface area (Å²) in [6, 6.07) is 0.245. The van der Waals surface area contributed by atoms with Crippen LogP contribution in [-0.2, 0) is 14.3 Å². The van der Waals surface area contributed by atoms with Crippen molar-refractivity contribution in [2.45, 2.75) is 59.0 Å². The molecule has 0 aromatic rings. The summed E-state index contributed by atoms with van der Waals surface area (Å²) in [6.07, 6.45) is 1.69. The first kappa shape index (κ1) is 16.9. The maximum atomic E-state index is 11.5. The quantitative estimate of drug-likeness (QED) is 0.610. The number of rotatable bonds is 9. The number of nitrogens with one attached hydrogen (secondary N) is 2. The van der Waals surface area contributed by atoms with E-state index in [1.165, 1.54) is 0 Å². The van der Waals surface area contributed by atoms with Gasteiger partial charge in [-0.3, -0.25) is 9.59 Å². The average molecular weight is 258 g/mol. The second kappa shape index (κ2) is 9.88. The molecule has 2 atom stereocenters. The van der Waals surface area contributed by atoms with Crippen molar-refractivity contribution in [3.63, 3.8) is 0 Å². The first-order valence-corrected chi connectivity index (χ1v) is 6.67. The van der Waals surface area contributed by atoms with Crippen molar-refractivity contribution >= 4 is 11.9 Å². The van der Waals surface area contributed by atoms with E-state index in [9.17, 15) is 9.59 Å². The largest absolute Gasteiger partial charge is 0.466 e. The van der Waals surface area contributed by atoms with Crippen molar-refractivity contribution in [1.82, 2.24) is 10.6 Å². The van der Waals surface area contributed by atoms with Crippen molar-refractivity contribution in [2.24, 2.45) is 0 Å². The van der Waals surface area contributed by atoms with E-state index < -0.39 is 0 Å². The Bertz CT molecular complexity index is 257. The molecule has 2 N–H and O–H groups in total. The van der Waals surface area contributed by atoms with Crippen LogP contribution in [0, 0.1) is 0 Å². The minimum absolute atomic E-state index is 0.0282. The van der Waals surface area contributed by atoms with Crippen molar-refractivity contribution in [2.75, 3.05) is 13.2 Å². The molecule has 5 nitrogen and oxygen atoms in total. The van der Waals surface area contributed by atoms with Gasteiger partial charge in [-0.05, 0) is 27.2 Å². The van der Waals surface area contributed by atoms with Crippen LogP contribution in [-0.4, -0.2) is 37.1 Å². The van der Waals surface area contributed by atoms with Crippen molar-refractivity contribution in [1.29, 1.82) is 0 Å². The zero-order chi connectivity index (χ0) is 14.0. The van der Waals surface area contributed by atoms with E-state index in [0.29, 0.717) is 26.0 Å². The maximum absolute atomic E-state index is 11.5. The fourth-order valence-corrected chi connectivity index (χ4v) is 1.42. The van der Waals surface area contributed by atoms with Gasteiger partial charge >= 0.3 is 5.97 Å². The number of carbonyl (C=O) groups excluding carboxylic acids is 2. The standard InChI is InChI=1S/C13H26N2O3/c1-5-10(3)15-12(16)7-8-14-11(4)9-13(17)18-6-2/h10-11,14H,5-9H2,1-4H3,(H,15,16). The number of amides is 1. The van der Waals surface area contributed by atoms with Crippen LogP contribution >= 0.6 is 0 Å². The summed E-state index contributed by atoms with van der Waals surface area (Å²) in [7, 11) is 0. The summed E-state index contributed by atoms with van der Waals surface area (Å²) < 4.78 is 4.85. The van der Waals surface area contributed by atoms with Gasteiger partial charge in [-0.1, -0.05) is 6.92 Å². The molecule has 1 amide bonds. The van der Waals surface area contributed by atoms with Gasteiger partial charge in [0.2, 0.25) is 5.91 Å². The Morgan fingerprint density at radius 1 is 1.17 bits per heavy atom. The number of carbonyl (C=O) groups is 2. The van der Waals surface area contributed by atoms with E-state index >= 15 is 0 Å². The van der Waals surface area contributed by atoms with Crippen LogP contribution < -0.4 is 10.6 Å². The van der Waals surface area contributed by atoms with Crippen LogP contribution in [0.25, 0.3) is 0 Å². The topological polar surface area (TPSA) is 67.4 Å². The van der Waals surface area contributed by atoms with Crippen LogP contribution in [0.1, 0.15) is 47.0 Å².